The van der Waals surface area contributed by atoms with E-state index >= 15 is 0 Å². The van der Waals surface area contributed by atoms with Gasteiger partial charge in [0.2, 0.25) is 11.8 Å². The number of piperidine rings is 1. The number of hydrogen-bond donors (Lipinski definition) is 0. The fourth-order valence-electron chi connectivity index (χ4n) is 3.00. The van der Waals surface area contributed by atoms with Gasteiger partial charge in [0.1, 0.15) is 12.1 Å². The lowest BCUT2D eigenvalue weighted by atomic mass is 9.95. The molecule has 0 aliphatic carbocycles. The monoisotopic (exact) mass is 300 g/mol. The molecule has 0 bridgehead atoms. The van der Waals surface area contributed by atoms with Crippen LogP contribution in [0.25, 0.3) is 0 Å². The first-order chi connectivity index (χ1) is 9.43. The van der Waals surface area contributed by atoms with Crippen molar-refractivity contribution in [1.82, 2.24) is 9.80 Å². The van der Waals surface area contributed by atoms with Crippen molar-refractivity contribution in [2.45, 2.75) is 56.9 Å². The van der Waals surface area contributed by atoms with Crippen LogP contribution in [0.4, 0.5) is 0 Å². The van der Waals surface area contributed by atoms with E-state index in [4.69, 9.17) is 0 Å². The largest absolute Gasteiger partial charge is 0.329 e. The van der Waals surface area contributed by atoms with Crippen LogP contribution < -0.4 is 0 Å². The normalized spacial score (nSPS) is 30.1. The Morgan fingerprint density at radius 2 is 2.00 bits per heavy atom. The maximum absolute atomic E-state index is 12.6. The summed E-state index contributed by atoms with van der Waals surface area (Å²) in [6.07, 6.45) is 5.15. The minimum absolute atomic E-state index is 0.0505. The fourth-order valence-corrected chi connectivity index (χ4v) is 3.44. The van der Waals surface area contributed by atoms with Crippen LogP contribution in [0, 0.1) is 0 Å². The molecule has 0 N–H and O–H groups in total. The highest BCUT2D eigenvalue weighted by atomic mass is 32.2. The number of rotatable bonds is 4. The molecule has 4 unspecified atom stereocenters. The molecule has 0 saturated carbocycles. The topological polar surface area (TPSA) is 57.7 Å². The Morgan fingerprint density at radius 3 is 2.65 bits per heavy atom. The standard InChI is InChI=1S/C14H24N2O3S/c1-10(20(3)19)7-9-15-11(2)13(17)16-8-5-4-6-12(16)14(15)18/h10-12H,4-9H2,1-3H3. The van der Waals surface area contributed by atoms with Crippen molar-refractivity contribution in [3.63, 3.8) is 0 Å². The van der Waals surface area contributed by atoms with Crippen molar-refractivity contribution in [2.24, 2.45) is 0 Å². The molecular formula is C14H24N2O3S. The number of piperazine rings is 1. The van der Waals surface area contributed by atoms with E-state index in [1.807, 2.05) is 6.92 Å². The minimum Gasteiger partial charge on any atom is -0.329 e. The molecule has 0 aromatic carbocycles. The van der Waals surface area contributed by atoms with Crippen molar-refractivity contribution >= 4 is 22.6 Å². The van der Waals surface area contributed by atoms with Crippen LogP contribution in [0.5, 0.6) is 0 Å². The van der Waals surface area contributed by atoms with E-state index in [0.29, 0.717) is 19.5 Å². The lowest BCUT2D eigenvalue weighted by Crippen LogP contribution is -2.65. The molecule has 5 nitrogen and oxygen atoms in total. The molecule has 2 heterocycles. The summed E-state index contributed by atoms with van der Waals surface area (Å²) in [5, 5.41) is 0.0505. The third-order valence-corrected chi connectivity index (χ3v) is 5.89. The van der Waals surface area contributed by atoms with Gasteiger partial charge in [0, 0.05) is 35.4 Å². The number of carbonyl (C=O) groups is 2. The Kier molecular flexibility index (Phi) is 4.83. The van der Waals surface area contributed by atoms with E-state index in [9.17, 15) is 13.8 Å². The molecule has 4 atom stereocenters. The molecule has 2 fully saturated rings. The molecule has 20 heavy (non-hydrogen) atoms. The van der Waals surface area contributed by atoms with Gasteiger partial charge in [0.25, 0.3) is 0 Å². The summed E-state index contributed by atoms with van der Waals surface area (Å²) in [5.74, 6) is 0.144. The van der Waals surface area contributed by atoms with Gasteiger partial charge in [-0.15, -0.1) is 0 Å². The zero-order chi connectivity index (χ0) is 14.9. The fraction of sp³-hybridized carbons (Fsp3) is 0.857. The number of amides is 2. The Balaban J connectivity index is 2.06. The van der Waals surface area contributed by atoms with Crippen molar-refractivity contribution in [1.29, 1.82) is 0 Å². The van der Waals surface area contributed by atoms with E-state index in [1.165, 1.54) is 0 Å². The maximum atomic E-state index is 12.6. The number of carbonyl (C=O) groups excluding carboxylic acids is 2. The van der Waals surface area contributed by atoms with Gasteiger partial charge in [-0.25, -0.2) is 0 Å². The second-order valence-electron chi connectivity index (χ2n) is 5.85. The van der Waals surface area contributed by atoms with Crippen molar-refractivity contribution in [3.05, 3.63) is 0 Å². The van der Waals surface area contributed by atoms with E-state index < -0.39 is 10.8 Å². The molecule has 2 aliphatic heterocycles. The van der Waals surface area contributed by atoms with Gasteiger partial charge in [0.05, 0.1) is 0 Å². The highest BCUT2D eigenvalue weighted by Gasteiger charge is 2.44. The average Bonchev–Trinajstić information content (AvgIpc) is 2.44. The molecule has 0 aromatic heterocycles. The van der Waals surface area contributed by atoms with Crippen LogP contribution in [0.2, 0.25) is 0 Å². The second-order valence-corrected chi connectivity index (χ2v) is 7.65. The molecule has 0 radical (unpaired) electrons. The second kappa shape index (κ2) is 6.24. The molecule has 114 valence electrons. The lowest BCUT2D eigenvalue weighted by Gasteiger charge is -2.46. The van der Waals surface area contributed by atoms with Crippen molar-refractivity contribution < 1.29 is 13.8 Å². The lowest BCUT2D eigenvalue weighted by molar-refractivity contribution is -0.162. The first-order valence-electron chi connectivity index (χ1n) is 7.36. The van der Waals surface area contributed by atoms with Crippen molar-refractivity contribution in [2.75, 3.05) is 19.3 Å². The Bertz CT molecular complexity index is 427. The summed E-state index contributed by atoms with van der Waals surface area (Å²) in [7, 11) is -0.887. The van der Waals surface area contributed by atoms with E-state index in [2.05, 4.69) is 0 Å². The predicted octanol–water partition coefficient (Wildman–Crippen LogP) is 0.755. The Morgan fingerprint density at radius 1 is 1.30 bits per heavy atom. The third-order valence-electron chi connectivity index (χ3n) is 4.52. The quantitative estimate of drug-likeness (QED) is 0.770. The summed E-state index contributed by atoms with van der Waals surface area (Å²) in [4.78, 5) is 28.4. The molecule has 2 aliphatic rings. The number of nitrogens with zero attached hydrogens (tertiary/aromatic N) is 2. The van der Waals surface area contributed by atoms with Crippen LogP contribution in [0.15, 0.2) is 0 Å². The van der Waals surface area contributed by atoms with E-state index in [0.717, 1.165) is 19.3 Å². The molecule has 6 heteroatoms. The molecule has 2 saturated heterocycles. The van der Waals surface area contributed by atoms with E-state index in [1.54, 1.807) is 23.0 Å². The highest BCUT2D eigenvalue weighted by molar-refractivity contribution is 7.84. The highest BCUT2D eigenvalue weighted by Crippen LogP contribution is 2.26. The van der Waals surface area contributed by atoms with Gasteiger partial charge in [-0.1, -0.05) is 6.92 Å². The molecule has 0 spiro atoms. The summed E-state index contributed by atoms with van der Waals surface area (Å²) >= 11 is 0. The zero-order valence-corrected chi connectivity index (χ0v) is 13.3. The number of fused-ring (bicyclic) bond motifs is 1. The summed E-state index contributed by atoms with van der Waals surface area (Å²) in [6.45, 7) is 4.96. The van der Waals surface area contributed by atoms with Gasteiger partial charge in [-0.3, -0.25) is 13.8 Å². The zero-order valence-electron chi connectivity index (χ0n) is 12.5. The SMILES string of the molecule is CC1C(=O)N2CCCCC2C(=O)N1CCC(C)S(C)=O. The van der Waals surface area contributed by atoms with Crippen LogP contribution in [-0.2, 0) is 20.4 Å². The van der Waals surface area contributed by atoms with E-state index in [-0.39, 0.29) is 29.1 Å². The molecule has 2 amide bonds. The van der Waals surface area contributed by atoms with Gasteiger partial charge in [0.15, 0.2) is 0 Å². The predicted molar refractivity (Wildman–Crippen MR) is 78.7 cm³/mol. The summed E-state index contributed by atoms with van der Waals surface area (Å²) in [5.41, 5.74) is 0. The Labute approximate surface area is 123 Å². The molecule has 0 aromatic rings. The van der Waals surface area contributed by atoms with Gasteiger partial charge >= 0.3 is 0 Å². The molecule has 2 rings (SSSR count). The smallest absolute Gasteiger partial charge is 0.246 e. The first-order valence-corrected chi connectivity index (χ1v) is 8.98. The van der Waals surface area contributed by atoms with Gasteiger partial charge in [-0.2, -0.15) is 0 Å². The van der Waals surface area contributed by atoms with Crippen molar-refractivity contribution in [3.8, 4) is 0 Å². The van der Waals surface area contributed by atoms with Gasteiger partial charge in [-0.05, 0) is 32.6 Å². The first kappa shape index (κ1) is 15.5. The van der Waals surface area contributed by atoms with Crippen LogP contribution >= 0.6 is 0 Å². The van der Waals surface area contributed by atoms with Gasteiger partial charge < -0.3 is 9.80 Å². The third kappa shape index (κ3) is 2.90. The average molecular weight is 300 g/mol. The summed E-state index contributed by atoms with van der Waals surface area (Å²) < 4.78 is 11.4. The molecular weight excluding hydrogens is 276 g/mol. The Hall–Kier alpha value is -0.910. The maximum Gasteiger partial charge on any atom is 0.246 e. The van der Waals surface area contributed by atoms with Crippen LogP contribution in [-0.4, -0.2) is 62.5 Å². The minimum atomic E-state index is -0.887. The number of hydrogen-bond acceptors (Lipinski definition) is 3. The van der Waals surface area contributed by atoms with Crippen LogP contribution in [0.3, 0.4) is 0 Å². The summed E-state index contributed by atoms with van der Waals surface area (Å²) in [6, 6.07) is -0.635. The van der Waals surface area contributed by atoms with Crippen LogP contribution in [0.1, 0.15) is 39.5 Å².